The zero-order valence-electron chi connectivity index (χ0n) is 13.6. The van der Waals surface area contributed by atoms with Crippen LogP contribution in [-0.4, -0.2) is 16.4 Å². The van der Waals surface area contributed by atoms with Gasteiger partial charge < -0.3 is 11.1 Å². The molecule has 1 aromatic carbocycles. The van der Waals surface area contributed by atoms with Crippen LogP contribution in [0.1, 0.15) is 41.9 Å². The number of carbonyl (C=O) groups excluding carboxylic acids is 1. The van der Waals surface area contributed by atoms with Gasteiger partial charge in [0.05, 0.1) is 5.69 Å². The fourth-order valence-electron chi connectivity index (χ4n) is 2.27. The lowest BCUT2D eigenvalue weighted by Gasteiger charge is -2.26. The Balaban J connectivity index is 0.00000264. The summed E-state index contributed by atoms with van der Waals surface area (Å²) in [6, 6.07) is 13.7. The molecule has 0 bridgehead atoms. The van der Waals surface area contributed by atoms with E-state index in [0.717, 1.165) is 18.5 Å². The number of pyridine rings is 1. The Kier molecular flexibility index (Phi) is 7.20. The van der Waals surface area contributed by atoms with Crippen molar-refractivity contribution in [1.82, 2.24) is 10.3 Å². The van der Waals surface area contributed by atoms with Crippen LogP contribution in [0.25, 0.3) is 0 Å². The minimum absolute atomic E-state index is 0. The molecule has 124 valence electrons. The number of nitrogens with one attached hydrogen (secondary N) is 1. The van der Waals surface area contributed by atoms with E-state index in [1.807, 2.05) is 32.0 Å². The number of benzene rings is 1. The van der Waals surface area contributed by atoms with Crippen molar-refractivity contribution in [3.8, 4) is 0 Å². The highest BCUT2D eigenvalue weighted by atomic mass is 35.5. The number of halogens is 1. The van der Waals surface area contributed by atoms with Gasteiger partial charge in [0.1, 0.15) is 0 Å². The average Bonchev–Trinajstić information content (AvgIpc) is 2.54. The number of aromatic nitrogens is 1. The van der Waals surface area contributed by atoms with Crippen LogP contribution in [0, 0.1) is 0 Å². The quantitative estimate of drug-likeness (QED) is 0.853. The number of amides is 1. The molecule has 0 unspecified atom stereocenters. The van der Waals surface area contributed by atoms with Crippen LogP contribution in [-0.2, 0) is 13.0 Å². The summed E-state index contributed by atoms with van der Waals surface area (Å²) in [5, 5.41) is 3.09. The van der Waals surface area contributed by atoms with Gasteiger partial charge in [-0.15, -0.1) is 12.4 Å². The van der Waals surface area contributed by atoms with E-state index in [1.165, 1.54) is 5.56 Å². The Bertz CT molecular complexity index is 629. The van der Waals surface area contributed by atoms with Gasteiger partial charge in [0.2, 0.25) is 0 Å². The molecule has 0 aliphatic carbocycles. The molecule has 0 radical (unpaired) electrons. The summed E-state index contributed by atoms with van der Waals surface area (Å²) >= 11 is 0. The zero-order chi connectivity index (χ0) is 16.0. The Morgan fingerprint density at radius 2 is 1.91 bits per heavy atom. The van der Waals surface area contributed by atoms with Crippen LogP contribution < -0.4 is 11.1 Å². The smallest absolute Gasteiger partial charge is 0.251 e. The third kappa shape index (κ3) is 6.00. The van der Waals surface area contributed by atoms with Crippen LogP contribution in [0.15, 0.2) is 48.7 Å². The fraction of sp³-hybridized carbons (Fsp3) is 0.333. The van der Waals surface area contributed by atoms with Crippen molar-refractivity contribution < 1.29 is 4.79 Å². The van der Waals surface area contributed by atoms with Crippen LogP contribution in [0.4, 0.5) is 0 Å². The van der Waals surface area contributed by atoms with Gasteiger partial charge in [0.25, 0.3) is 5.91 Å². The number of rotatable bonds is 6. The van der Waals surface area contributed by atoms with Crippen LogP contribution in [0.3, 0.4) is 0 Å². The van der Waals surface area contributed by atoms with Crippen molar-refractivity contribution in [2.75, 3.05) is 0 Å². The molecular weight excluding hydrogens is 310 g/mol. The van der Waals surface area contributed by atoms with Gasteiger partial charge in [-0.25, -0.2) is 0 Å². The lowest BCUT2D eigenvalue weighted by atomic mass is 9.95. The zero-order valence-corrected chi connectivity index (χ0v) is 14.4. The Labute approximate surface area is 143 Å². The number of aryl methyl sites for hydroxylation is 1. The average molecular weight is 334 g/mol. The SMILES string of the molecule is CC(C)(CCc1ccccc1)NC(=O)c1ccnc(CN)c1.Cl. The first kappa shape index (κ1) is 19.1. The molecule has 0 atom stereocenters. The van der Waals surface area contributed by atoms with E-state index >= 15 is 0 Å². The Morgan fingerprint density at radius 1 is 1.22 bits per heavy atom. The van der Waals surface area contributed by atoms with E-state index in [1.54, 1.807) is 18.3 Å². The molecule has 3 N–H and O–H groups in total. The molecular formula is C18H24ClN3O. The number of nitrogens with two attached hydrogens (primary N) is 1. The summed E-state index contributed by atoms with van der Waals surface area (Å²) in [6.07, 6.45) is 3.42. The molecule has 1 heterocycles. The first-order valence-electron chi connectivity index (χ1n) is 7.51. The molecule has 0 spiro atoms. The lowest BCUT2D eigenvalue weighted by molar-refractivity contribution is 0.0909. The van der Waals surface area contributed by atoms with Crippen LogP contribution in [0.2, 0.25) is 0 Å². The van der Waals surface area contributed by atoms with Gasteiger partial charge in [-0.2, -0.15) is 0 Å². The Hall–Kier alpha value is -1.91. The fourth-order valence-corrected chi connectivity index (χ4v) is 2.27. The predicted octanol–water partition coefficient (Wildman–Crippen LogP) is 3.10. The summed E-state index contributed by atoms with van der Waals surface area (Å²) in [7, 11) is 0. The van der Waals surface area contributed by atoms with Crippen molar-refractivity contribution in [3.05, 3.63) is 65.5 Å². The minimum Gasteiger partial charge on any atom is -0.347 e. The summed E-state index contributed by atoms with van der Waals surface area (Å²) in [5.74, 6) is -0.0878. The highest BCUT2D eigenvalue weighted by Crippen LogP contribution is 2.15. The van der Waals surface area contributed by atoms with Crippen molar-refractivity contribution in [2.45, 2.75) is 38.8 Å². The summed E-state index contributed by atoms with van der Waals surface area (Å²) in [4.78, 5) is 16.5. The van der Waals surface area contributed by atoms with Gasteiger partial charge >= 0.3 is 0 Å². The second kappa shape index (κ2) is 8.65. The van der Waals surface area contributed by atoms with Gasteiger partial charge in [-0.05, 0) is 44.4 Å². The number of hydrogen-bond donors (Lipinski definition) is 2. The third-order valence-corrected chi connectivity index (χ3v) is 3.62. The van der Waals surface area contributed by atoms with Crippen LogP contribution in [0.5, 0.6) is 0 Å². The number of hydrogen-bond acceptors (Lipinski definition) is 3. The van der Waals surface area contributed by atoms with Gasteiger partial charge in [-0.3, -0.25) is 9.78 Å². The van der Waals surface area contributed by atoms with Gasteiger partial charge in [0.15, 0.2) is 0 Å². The number of nitrogens with zero attached hydrogens (tertiary/aromatic N) is 1. The molecule has 23 heavy (non-hydrogen) atoms. The maximum atomic E-state index is 12.4. The van der Waals surface area contributed by atoms with Gasteiger partial charge in [-0.1, -0.05) is 30.3 Å². The molecule has 1 amide bonds. The van der Waals surface area contributed by atoms with E-state index < -0.39 is 0 Å². The maximum absolute atomic E-state index is 12.4. The predicted molar refractivity (Wildman–Crippen MR) is 95.7 cm³/mol. The molecule has 4 nitrogen and oxygen atoms in total. The molecule has 2 aromatic rings. The normalized spacial score (nSPS) is 10.7. The highest BCUT2D eigenvalue weighted by molar-refractivity contribution is 5.94. The maximum Gasteiger partial charge on any atom is 0.251 e. The van der Waals surface area contributed by atoms with Crippen molar-refractivity contribution in [3.63, 3.8) is 0 Å². The number of carbonyl (C=O) groups is 1. The van der Waals surface area contributed by atoms with Crippen molar-refractivity contribution in [1.29, 1.82) is 0 Å². The third-order valence-electron chi connectivity index (χ3n) is 3.62. The first-order chi connectivity index (χ1) is 10.5. The molecule has 2 rings (SSSR count). The Morgan fingerprint density at radius 3 is 2.57 bits per heavy atom. The first-order valence-corrected chi connectivity index (χ1v) is 7.51. The van der Waals surface area contributed by atoms with E-state index in [9.17, 15) is 4.79 Å². The second-order valence-corrected chi connectivity index (χ2v) is 6.06. The second-order valence-electron chi connectivity index (χ2n) is 6.06. The summed E-state index contributed by atoms with van der Waals surface area (Å²) < 4.78 is 0. The monoisotopic (exact) mass is 333 g/mol. The van der Waals surface area contributed by atoms with Gasteiger partial charge in [0, 0.05) is 23.8 Å². The molecule has 0 aliphatic heterocycles. The molecule has 0 fully saturated rings. The molecule has 0 aliphatic rings. The van der Waals surface area contributed by atoms with E-state index in [2.05, 4.69) is 22.4 Å². The van der Waals surface area contributed by atoms with E-state index in [-0.39, 0.29) is 23.9 Å². The lowest BCUT2D eigenvalue weighted by Crippen LogP contribution is -2.43. The molecule has 1 aromatic heterocycles. The van der Waals surface area contributed by atoms with Crippen molar-refractivity contribution in [2.24, 2.45) is 5.73 Å². The largest absolute Gasteiger partial charge is 0.347 e. The van der Waals surface area contributed by atoms with E-state index in [4.69, 9.17) is 5.73 Å². The summed E-state index contributed by atoms with van der Waals surface area (Å²) in [5.41, 5.74) is 7.88. The van der Waals surface area contributed by atoms with Crippen molar-refractivity contribution >= 4 is 18.3 Å². The van der Waals surface area contributed by atoms with Crippen LogP contribution >= 0.6 is 12.4 Å². The van der Waals surface area contributed by atoms with E-state index in [0.29, 0.717) is 12.1 Å². The highest BCUT2D eigenvalue weighted by Gasteiger charge is 2.21. The molecule has 5 heteroatoms. The summed E-state index contributed by atoms with van der Waals surface area (Å²) in [6.45, 7) is 4.41. The molecule has 0 saturated heterocycles. The topological polar surface area (TPSA) is 68.0 Å². The minimum atomic E-state index is -0.279. The molecule has 0 saturated carbocycles. The standard InChI is InChI=1S/C18H23N3O.ClH/c1-18(2,10-8-14-6-4-3-5-7-14)21-17(22)15-9-11-20-16(12-15)13-19;/h3-7,9,11-12H,8,10,13,19H2,1-2H3,(H,21,22);1H.